The van der Waals surface area contributed by atoms with Crippen molar-refractivity contribution in [3.05, 3.63) is 29.8 Å². The number of nitrogens with zero attached hydrogens (tertiary/aromatic N) is 1. The standard InChI is InChI=1S/C16H24N2O2/c1-12(2)16(20)18-9-7-14(8-10-18)17-11-13-5-3-4-6-15(13)19/h3-6,12,14,17,19H,7-11H2,1-2H3. The van der Waals surface area contributed by atoms with Crippen LogP contribution in [0.4, 0.5) is 0 Å². The summed E-state index contributed by atoms with van der Waals surface area (Å²) in [5, 5.41) is 13.2. The molecule has 20 heavy (non-hydrogen) atoms. The number of likely N-dealkylation sites (tertiary alicyclic amines) is 1. The topological polar surface area (TPSA) is 52.6 Å². The van der Waals surface area contributed by atoms with Crippen LogP contribution in [-0.2, 0) is 11.3 Å². The Labute approximate surface area is 120 Å². The van der Waals surface area contributed by atoms with Crippen LogP contribution in [0.25, 0.3) is 0 Å². The molecule has 1 amide bonds. The fraction of sp³-hybridized carbons (Fsp3) is 0.562. The Bertz CT molecular complexity index is 452. The van der Waals surface area contributed by atoms with Gasteiger partial charge in [-0.3, -0.25) is 4.79 Å². The van der Waals surface area contributed by atoms with E-state index in [-0.39, 0.29) is 11.8 Å². The van der Waals surface area contributed by atoms with Gasteiger partial charge in [0.1, 0.15) is 5.75 Å². The van der Waals surface area contributed by atoms with Crippen molar-refractivity contribution in [1.29, 1.82) is 0 Å². The number of para-hydroxylation sites is 1. The lowest BCUT2D eigenvalue weighted by Crippen LogP contribution is -2.45. The van der Waals surface area contributed by atoms with Gasteiger partial charge in [-0.05, 0) is 18.9 Å². The zero-order valence-corrected chi connectivity index (χ0v) is 12.3. The summed E-state index contributed by atoms with van der Waals surface area (Å²) in [4.78, 5) is 13.9. The van der Waals surface area contributed by atoms with Gasteiger partial charge in [0.15, 0.2) is 0 Å². The van der Waals surface area contributed by atoms with Crippen LogP contribution in [0, 0.1) is 5.92 Å². The van der Waals surface area contributed by atoms with Crippen molar-refractivity contribution in [1.82, 2.24) is 10.2 Å². The van der Waals surface area contributed by atoms with E-state index in [2.05, 4.69) is 5.32 Å². The number of piperidine rings is 1. The van der Waals surface area contributed by atoms with Crippen molar-refractivity contribution in [3.8, 4) is 5.75 Å². The summed E-state index contributed by atoms with van der Waals surface area (Å²) in [5.41, 5.74) is 0.924. The summed E-state index contributed by atoms with van der Waals surface area (Å²) in [6.07, 6.45) is 1.96. The fourth-order valence-corrected chi connectivity index (χ4v) is 2.58. The predicted octanol–water partition coefficient (Wildman–Crippen LogP) is 2.13. The van der Waals surface area contributed by atoms with Gasteiger partial charge < -0.3 is 15.3 Å². The monoisotopic (exact) mass is 276 g/mol. The lowest BCUT2D eigenvalue weighted by Gasteiger charge is -2.33. The molecule has 0 bridgehead atoms. The minimum atomic E-state index is 0.0841. The number of amides is 1. The molecule has 1 fully saturated rings. The lowest BCUT2D eigenvalue weighted by atomic mass is 10.0. The Morgan fingerprint density at radius 2 is 2.00 bits per heavy atom. The van der Waals surface area contributed by atoms with E-state index in [0.717, 1.165) is 31.5 Å². The minimum Gasteiger partial charge on any atom is -0.508 e. The number of rotatable bonds is 4. The van der Waals surface area contributed by atoms with E-state index >= 15 is 0 Å². The Morgan fingerprint density at radius 3 is 2.60 bits per heavy atom. The predicted molar refractivity (Wildman–Crippen MR) is 79.4 cm³/mol. The van der Waals surface area contributed by atoms with Gasteiger partial charge in [0.2, 0.25) is 5.91 Å². The van der Waals surface area contributed by atoms with E-state index < -0.39 is 0 Å². The smallest absolute Gasteiger partial charge is 0.225 e. The third-order valence-corrected chi connectivity index (χ3v) is 3.87. The highest BCUT2D eigenvalue weighted by molar-refractivity contribution is 5.78. The summed E-state index contributed by atoms with van der Waals surface area (Å²) >= 11 is 0. The number of benzene rings is 1. The second kappa shape index (κ2) is 6.75. The molecule has 0 unspecified atom stereocenters. The molecule has 1 saturated heterocycles. The molecule has 110 valence electrons. The molecule has 1 aliphatic heterocycles. The van der Waals surface area contributed by atoms with Crippen LogP contribution in [0.3, 0.4) is 0 Å². The SMILES string of the molecule is CC(C)C(=O)N1CCC(NCc2ccccc2O)CC1. The van der Waals surface area contributed by atoms with Crippen molar-refractivity contribution >= 4 is 5.91 Å². The number of hydrogen-bond acceptors (Lipinski definition) is 3. The van der Waals surface area contributed by atoms with E-state index in [1.54, 1.807) is 6.07 Å². The van der Waals surface area contributed by atoms with E-state index in [1.807, 2.05) is 36.9 Å². The molecule has 0 aliphatic carbocycles. The molecule has 1 aromatic rings. The summed E-state index contributed by atoms with van der Waals surface area (Å²) in [6, 6.07) is 7.82. The van der Waals surface area contributed by atoms with E-state index in [1.165, 1.54) is 0 Å². The van der Waals surface area contributed by atoms with Crippen LogP contribution in [0.5, 0.6) is 5.75 Å². The Kier molecular flexibility index (Phi) is 5.01. The van der Waals surface area contributed by atoms with Crippen LogP contribution in [0.15, 0.2) is 24.3 Å². The molecule has 0 saturated carbocycles. The summed E-state index contributed by atoms with van der Waals surface area (Å²) in [6.45, 7) is 6.23. The van der Waals surface area contributed by atoms with Crippen LogP contribution >= 0.6 is 0 Å². The highest BCUT2D eigenvalue weighted by atomic mass is 16.3. The maximum atomic E-state index is 11.9. The molecule has 2 rings (SSSR count). The molecular weight excluding hydrogens is 252 g/mol. The molecule has 1 aromatic carbocycles. The van der Waals surface area contributed by atoms with Gasteiger partial charge in [0.05, 0.1) is 0 Å². The van der Waals surface area contributed by atoms with Crippen LogP contribution in [0.2, 0.25) is 0 Å². The first-order valence-corrected chi connectivity index (χ1v) is 7.37. The van der Waals surface area contributed by atoms with E-state index in [4.69, 9.17) is 0 Å². The third-order valence-electron chi connectivity index (χ3n) is 3.87. The molecular formula is C16H24N2O2. The maximum Gasteiger partial charge on any atom is 0.225 e. The molecule has 0 spiro atoms. The quantitative estimate of drug-likeness (QED) is 0.886. The van der Waals surface area contributed by atoms with Crippen molar-refractivity contribution in [2.45, 2.75) is 39.3 Å². The molecule has 1 heterocycles. The number of carbonyl (C=O) groups is 1. The largest absolute Gasteiger partial charge is 0.508 e. The zero-order chi connectivity index (χ0) is 14.5. The van der Waals surface area contributed by atoms with Gasteiger partial charge in [-0.15, -0.1) is 0 Å². The molecule has 0 atom stereocenters. The fourth-order valence-electron chi connectivity index (χ4n) is 2.58. The summed E-state index contributed by atoms with van der Waals surface area (Å²) in [5.74, 6) is 0.678. The van der Waals surface area contributed by atoms with Crippen molar-refractivity contribution in [3.63, 3.8) is 0 Å². The molecule has 0 aromatic heterocycles. The summed E-state index contributed by atoms with van der Waals surface area (Å²) < 4.78 is 0. The van der Waals surface area contributed by atoms with E-state index in [9.17, 15) is 9.90 Å². The second-order valence-electron chi connectivity index (χ2n) is 5.76. The number of phenols is 1. The maximum absolute atomic E-state index is 11.9. The van der Waals surface area contributed by atoms with Crippen LogP contribution < -0.4 is 5.32 Å². The highest BCUT2D eigenvalue weighted by Gasteiger charge is 2.23. The summed E-state index contributed by atoms with van der Waals surface area (Å²) in [7, 11) is 0. The minimum absolute atomic E-state index is 0.0841. The zero-order valence-electron chi connectivity index (χ0n) is 12.3. The number of hydrogen-bond donors (Lipinski definition) is 2. The first-order chi connectivity index (χ1) is 9.58. The highest BCUT2D eigenvalue weighted by Crippen LogP contribution is 2.17. The number of aromatic hydroxyl groups is 1. The van der Waals surface area contributed by atoms with Crippen molar-refractivity contribution in [2.75, 3.05) is 13.1 Å². The number of carbonyl (C=O) groups excluding carboxylic acids is 1. The first-order valence-electron chi connectivity index (χ1n) is 7.37. The van der Waals surface area contributed by atoms with Gasteiger partial charge in [-0.2, -0.15) is 0 Å². The average Bonchev–Trinajstić information content (AvgIpc) is 2.46. The number of phenolic OH excluding ortho intramolecular Hbond substituents is 1. The second-order valence-corrected chi connectivity index (χ2v) is 5.76. The molecule has 0 radical (unpaired) electrons. The Hall–Kier alpha value is -1.55. The van der Waals surface area contributed by atoms with Gasteiger partial charge in [0.25, 0.3) is 0 Å². The van der Waals surface area contributed by atoms with Crippen molar-refractivity contribution < 1.29 is 9.90 Å². The molecule has 1 aliphatic rings. The third kappa shape index (κ3) is 3.73. The lowest BCUT2D eigenvalue weighted by molar-refractivity contribution is -0.135. The molecule has 2 N–H and O–H groups in total. The Balaban J connectivity index is 1.78. The van der Waals surface area contributed by atoms with Gasteiger partial charge >= 0.3 is 0 Å². The molecule has 4 nitrogen and oxygen atoms in total. The van der Waals surface area contributed by atoms with Crippen LogP contribution in [-0.4, -0.2) is 35.0 Å². The normalized spacial score (nSPS) is 16.6. The first kappa shape index (κ1) is 14.9. The van der Waals surface area contributed by atoms with Gasteiger partial charge in [-0.1, -0.05) is 32.0 Å². The Morgan fingerprint density at radius 1 is 1.35 bits per heavy atom. The number of nitrogens with one attached hydrogen (secondary N) is 1. The van der Waals surface area contributed by atoms with E-state index in [0.29, 0.717) is 18.3 Å². The average molecular weight is 276 g/mol. The van der Waals surface area contributed by atoms with Gasteiger partial charge in [-0.25, -0.2) is 0 Å². The van der Waals surface area contributed by atoms with Crippen molar-refractivity contribution in [2.24, 2.45) is 5.92 Å². The van der Waals surface area contributed by atoms with Gasteiger partial charge in [0, 0.05) is 37.2 Å². The molecule has 4 heteroatoms. The van der Waals surface area contributed by atoms with Crippen LogP contribution in [0.1, 0.15) is 32.3 Å².